The molecule has 0 saturated heterocycles. The highest BCUT2D eigenvalue weighted by Crippen LogP contribution is 2.48. The lowest BCUT2D eigenvalue weighted by molar-refractivity contribution is -0.437. The van der Waals surface area contributed by atoms with Gasteiger partial charge in [0.25, 0.3) is 0 Å². The van der Waals surface area contributed by atoms with Crippen molar-refractivity contribution in [2.75, 3.05) is 18.0 Å². The molecule has 0 atom stereocenters. The van der Waals surface area contributed by atoms with Gasteiger partial charge in [-0.2, -0.15) is 4.58 Å². The summed E-state index contributed by atoms with van der Waals surface area (Å²) in [6, 6.07) is 17.8. The first-order valence-electron chi connectivity index (χ1n) is 18.0. The molecule has 0 N–H and O–H groups in total. The fraction of sp³-hybridized carbons (Fsp3) is 0.381. The Morgan fingerprint density at radius 1 is 0.878 bits per heavy atom. The van der Waals surface area contributed by atoms with Crippen molar-refractivity contribution in [3.05, 3.63) is 120 Å². The van der Waals surface area contributed by atoms with Crippen LogP contribution in [0.25, 0.3) is 17.1 Å². The maximum Gasteiger partial charge on any atom is 0.209 e. The van der Waals surface area contributed by atoms with Crippen LogP contribution in [-0.2, 0) is 17.9 Å². The van der Waals surface area contributed by atoms with Crippen LogP contribution in [0.5, 0.6) is 0 Å². The van der Waals surface area contributed by atoms with Crippen LogP contribution in [0.1, 0.15) is 84.8 Å². The summed E-state index contributed by atoms with van der Waals surface area (Å²) in [7, 11) is 2.00. The average molecular weight is 653 g/mol. The van der Waals surface area contributed by atoms with Crippen molar-refractivity contribution in [3.8, 4) is 11.4 Å². The van der Waals surface area contributed by atoms with Crippen LogP contribution in [0.3, 0.4) is 0 Å². The third-order valence-electron chi connectivity index (χ3n) is 10.7. The zero-order valence-corrected chi connectivity index (χ0v) is 30.2. The van der Waals surface area contributed by atoms with E-state index in [1.165, 1.54) is 45.1 Å². The fourth-order valence-corrected chi connectivity index (χ4v) is 8.20. The van der Waals surface area contributed by atoms with Crippen LogP contribution in [0.4, 0.5) is 11.4 Å². The molecule has 7 heteroatoms. The molecule has 2 aliphatic heterocycles. The molecule has 0 spiro atoms. The zero-order valence-electron chi connectivity index (χ0n) is 30.2. The van der Waals surface area contributed by atoms with Gasteiger partial charge in [-0.3, -0.25) is 0 Å². The summed E-state index contributed by atoms with van der Waals surface area (Å²) < 4.78 is 6.52. The van der Waals surface area contributed by atoms with Crippen molar-refractivity contribution in [2.45, 2.75) is 84.5 Å². The van der Waals surface area contributed by atoms with Crippen molar-refractivity contribution in [3.63, 3.8) is 0 Å². The zero-order chi connectivity index (χ0) is 34.3. The Labute approximate surface area is 291 Å². The predicted octanol–water partition coefficient (Wildman–Crippen LogP) is 9.13. The third-order valence-corrected chi connectivity index (χ3v) is 10.7. The number of nitrogens with zero attached hydrogens (tertiary/aromatic N) is 7. The lowest BCUT2D eigenvalue weighted by Crippen LogP contribution is -2.28. The van der Waals surface area contributed by atoms with Crippen LogP contribution in [-0.4, -0.2) is 47.9 Å². The lowest BCUT2D eigenvalue weighted by atomic mass is 9.81. The summed E-state index contributed by atoms with van der Waals surface area (Å²) in [5, 5.41) is 9.39. The minimum absolute atomic E-state index is 0.0908. The highest BCUT2D eigenvalue weighted by molar-refractivity contribution is 6.03. The van der Waals surface area contributed by atoms with Gasteiger partial charge in [0.1, 0.15) is 12.2 Å². The van der Waals surface area contributed by atoms with E-state index in [0.29, 0.717) is 0 Å². The third kappa shape index (κ3) is 5.63. The highest BCUT2D eigenvalue weighted by atomic mass is 15.4. The Hall–Kier alpha value is -4.78. The molecule has 0 saturated carbocycles. The van der Waals surface area contributed by atoms with Gasteiger partial charge in [0.2, 0.25) is 5.69 Å². The molecular formula is C42H50N7+. The Morgan fingerprint density at radius 2 is 1.65 bits per heavy atom. The first-order valence-corrected chi connectivity index (χ1v) is 18.0. The molecule has 0 radical (unpaired) electrons. The van der Waals surface area contributed by atoms with E-state index in [0.717, 1.165) is 62.3 Å². The summed E-state index contributed by atoms with van der Waals surface area (Å²) in [6.45, 7) is 15.9. The van der Waals surface area contributed by atoms with Gasteiger partial charge >= 0.3 is 0 Å². The van der Waals surface area contributed by atoms with Gasteiger partial charge in [0, 0.05) is 54.5 Å². The first-order chi connectivity index (χ1) is 23.7. The Morgan fingerprint density at radius 3 is 2.41 bits per heavy atom. The van der Waals surface area contributed by atoms with Crippen molar-refractivity contribution < 1.29 is 4.58 Å². The van der Waals surface area contributed by atoms with E-state index in [1.54, 1.807) is 0 Å². The van der Waals surface area contributed by atoms with Gasteiger partial charge in [-0.05, 0) is 68.4 Å². The van der Waals surface area contributed by atoms with E-state index in [4.69, 9.17) is 5.21 Å². The molecular weight excluding hydrogens is 603 g/mol. The van der Waals surface area contributed by atoms with Gasteiger partial charge in [-0.15, -0.1) is 5.10 Å². The molecule has 0 amide bonds. The molecule has 4 heterocycles. The molecule has 0 bridgehead atoms. The average Bonchev–Trinajstić information content (AvgIpc) is 3.84. The summed E-state index contributed by atoms with van der Waals surface area (Å²) in [5.74, 6) is 0. The van der Waals surface area contributed by atoms with E-state index in [1.807, 2.05) is 28.8 Å². The summed E-state index contributed by atoms with van der Waals surface area (Å²) >= 11 is 0. The second-order valence-electron chi connectivity index (χ2n) is 14.7. The SMILES string of the molecule is CCCN1/C(=C/C=C2\CCCC(/C=C/C3=[N+](CCC)c4ccccc4C3(C)C)=C2n2cc(-c3cncn3C)nn2)C(C)(C)c2ccccc21. The molecule has 0 unspecified atom stereocenters. The fourth-order valence-electron chi connectivity index (χ4n) is 8.20. The van der Waals surface area contributed by atoms with E-state index >= 15 is 0 Å². The quantitative estimate of drug-likeness (QED) is 0.169. The van der Waals surface area contributed by atoms with Gasteiger partial charge in [0.05, 0.1) is 35.5 Å². The van der Waals surface area contributed by atoms with Crippen LogP contribution in [0, 0.1) is 0 Å². The number of anilines is 1. The van der Waals surface area contributed by atoms with Crippen molar-refractivity contribution in [2.24, 2.45) is 7.05 Å². The number of allylic oxidation sites excluding steroid dienone is 8. The monoisotopic (exact) mass is 652 g/mol. The number of hydrogen-bond donors (Lipinski definition) is 0. The smallest absolute Gasteiger partial charge is 0.209 e. The molecule has 2 aromatic carbocycles. The molecule has 0 fully saturated rings. The van der Waals surface area contributed by atoms with Crippen LogP contribution in [0.2, 0.25) is 0 Å². The number of imidazole rings is 1. The highest BCUT2D eigenvalue weighted by Gasteiger charge is 2.44. The van der Waals surface area contributed by atoms with Crippen molar-refractivity contribution in [1.82, 2.24) is 24.5 Å². The van der Waals surface area contributed by atoms with E-state index in [2.05, 4.69) is 140 Å². The Balaban J connectivity index is 1.36. The number of aromatic nitrogens is 5. The second-order valence-corrected chi connectivity index (χ2v) is 14.7. The maximum absolute atomic E-state index is 4.75. The molecule has 7 rings (SSSR count). The Bertz CT molecular complexity index is 2040. The van der Waals surface area contributed by atoms with Gasteiger partial charge < -0.3 is 9.47 Å². The van der Waals surface area contributed by atoms with Crippen molar-refractivity contribution in [1.29, 1.82) is 0 Å². The number of rotatable bonds is 9. The largest absolute Gasteiger partial charge is 0.344 e. The molecule has 4 aromatic rings. The number of aryl methyl sites for hydroxylation is 1. The number of hydrogen-bond acceptors (Lipinski definition) is 4. The van der Waals surface area contributed by atoms with E-state index < -0.39 is 0 Å². The summed E-state index contributed by atoms with van der Waals surface area (Å²) in [6.07, 6.45) is 20.4. The lowest BCUT2D eigenvalue weighted by Gasteiger charge is -2.27. The van der Waals surface area contributed by atoms with Gasteiger partial charge in [0.15, 0.2) is 5.71 Å². The van der Waals surface area contributed by atoms with E-state index in [9.17, 15) is 0 Å². The standard InChI is InChI=1S/C42H50N7/c1-8-25-47-35-19-12-10-17-32(35)41(3,4)38(47)23-21-30-15-14-16-31(40(30)49-28-34(44-45-49)37-27-43-29-46(37)7)22-24-39-42(5,6)33-18-11-13-20-36(33)48(39)26-9-2/h10-13,17-24,27-29H,8-9,14-16,25-26H2,1-7H3/q+1. The molecule has 1 aliphatic carbocycles. The maximum atomic E-state index is 4.75. The minimum Gasteiger partial charge on any atom is -0.344 e. The molecule has 2 aromatic heterocycles. The van der Waals surface area contributed by atoms with Crippen molar-refractivity contribution >= 4 is 22.8 Å². The number of para-hydroxylation sites is 2. The van der Waals surface area contributed by atoms with Gasteiger partial charge in [-0.25, -0.2) is 9.67 Å². The number of benzene rings is 2. The minimum atomic E-state index is -0.0908. The molecule has 252 valence electrons. The normalized spacial score (nSPS) is 19.9. The van der Waals surface area contributed by atoms with Crippen LogP contribution < -0.4 is 4.90 Å². The Kier molecular flexibility index (Phi) is 8.64. The molecule has 7 nitrogen and oxygen atoms in total. The number of fused-ring (bicyclic) bond motifs is 2. The van der Waals surface area contributed by atoms with Crippen LogP contribution >= 0.6 is 0 Å². The first kappa shape index (κ1) is 32.8. The predicted molar refractivity (Wildman–Crippen MR) is 201 cm³/mol. The molecule has 49 heavy (non-hydrogen) atoms. The topological polar surface area (TPSA) is 54.8 Å². The second kappa shape index (κ2) is 12.9. The van der Waals surface area contributed by atoms with Gasteiger partial charge in [-0.1, -0.05) is 81.5 Å². The summed E-state index contributed by atoms with van der Waals surface area (Å²) in [5.41, 5.74) is 13.4. The summed E-state index contributed by atoms with van der Waals surface area (Å²) in [4.78, 5) is 6.86. The van der Waals surface area contributed by atoms with E-state index in [-0.39, 0.29) is 10.8 Å². The molecule has 3 aliphatic rings. The van der Waals surface area contributed by atoms with Crippen LogP contribution in [0.15, 0.2) is 108 Å².